The van der Waals surface area contributed by atoms with Crippen LogP contribution in [0.4, 0.5) is 0 Å². The zero-order chi connectivity index (χ0) is 24.0. The van der Waals surface area contributed by atoms with Gasteiger partial charge in [0.1, 0.15) is 0 Å². The molecule has 0 atom stereocenters. The highest BCUT2D eigenvalue weighted by Gasteiger charge is 2.14. The Labute approximate surface area is 204 Å². The number of carbonyl (C=O) groups is 1. The second kappa shape index (κ2) is 10.3. The largest absolute Gasteiger partial charge is 0.350 e. The van der Waals surface area contributed by atoms with E-state index in [9.17, 15) is 4.79 Å². The molecule has 1 amide bonds. The molecule has 0 bridgehead atoms. The number of rotatable bonds is 7. The highest BCUT2D eigenvalue weighted by molar-refractivity contribution is 5.93. The quantitative estimate of drug-likeness (QED) is 0.348. The molecule has 0 fully saturated rings. The Kier molecular flexibility index (Phi) is 6.59. The predicted octanol–water partition coefficient (Wildman–Crippen LogP) is 5.28. The SMILES string of the molecule is NCc1ccc(-c2nc3ccnc(CNC(=O)Cc4ccccc4)c3cc2-c2ccccc2)cc1. The Morgan fingerprint density at radius 1 is 0.800 bits per heavy atom. The van der Waals surface area contributed by atoms with E-state index >= 15 is 0 Å². The normalized spacial score (nSPS) is 10.9. The Morgan fingerprint density at radius 3 is 2.23 bits per heavy atom. The van der Waals surface area contributed by atoms with Crippen LogP contribution >= 0.6 is 0 Å². The van der Waals surface area contributed by atoms with Crippen molar-refractivity contribution < 1.29 is 4.79 Å². The highest BCUT2D eigenvalue weighted by atomic mass is 16.1. The van der Waals surface area contributed by atoms with Gasteiger partial charge in [-0.15, -0.1) is 0 Å². The van der Waals surface area contributed by atoms with Crippen LogP contribution in [0.15, 0.2) is 103 Å². The third-order valence-corrected chi connectivity index (χ3v) is 6.03. The van der Waals surface area contributed by atoms with Crippen LogP contribution < -0.4 is 11.1 Å². The van der Waals surface area contributed by atoms with Gasteiger partial charge in [-0.1, -0.05) is 84.9 Å². The third kappa shape index (κ3) is 5.10. The number of benzene rings is 3. The van der Waals surface area contributed by atoms with Gasteiger partial charge in [0.15, 0.2) is 0 Å². The number of fused-ring (bicyclic) bond motifs is 1. The Bertz CT molecular complexity index is 1450. The summed E-state index contributed by atoms with van der Waals surface area (Å²) in [5.74, 6) is -0.0390. The van der Waals surface area contributed by atoms with Crippen molar-refractivity contribution >= 4 is 16.8 Å². The van der Waals surface area contributed by atoms with Gasteiger partial charge in [-0.2, -0.15) is 0 Å². The van der Waals surface area contributed by atoms with E-state index < -0.39 is 0 Å². The molecule has 0 unspecified atom stereocenters. The van der Waals surface area contributed by atoms with Crippen molar-refractivity contribution in [2.24, 2.45) is 5.73 Å². The molecule has 3 aromatic carbocycles. The lowest BCUT2D eigenvalue weighted by molar-refractivity contribution is -0.120. The van der Waals surface area contributed by atoms with Gasteiger partial charge >= 0.3 is 0 Å². The standard InChI is InChI=1S/C30H26N4O/c31-19-22-11-13-24(14-12-22)30-25(23-9-5-2-6-10-23)18-26-27(34-30)15-16-32-28(26)20-33-29(35)17-21-7-3-1-4-8-21/h1-16,18H,17,19-20,31H2,(H,33,35). The fourth-order valence-corrected chi connectivity index (χ4v) is 4.18. The number of amides is 1. The average Bonchev–Trinajstić information content (AvgIpc) is 2.92. The maximum Gasteiger partial charge on any atom is 0.224 e. The van der Waals surface area contributed by atoms with Gasteiger partial charge in [-0.25, -0.2) is 4.98 Å². The minimum absolute atomic E-state index is 0.0390. The Balaban J connectivity index is 1.51. The second-order valence-corrected chi connectivity index (χ2v) is 8.42. The highest BCUT2D eigenvalue weighted by Crippen LogP contribution is 2.34. The van der Waals surface area contributed by atoms with Crippen LogP contribution in [-0.2, 0) is 24.3 Å². The zero-order valence-electron chi connectivity index (χ0n) is 19.3. The van der Waals surface area contributed by atoms with Crippen LogP contribution in [0.2, 0.25) is 0 Å². The van der Waals surface area contributed by atoms with Crippen LogP contribution in [-0.4, -0.2) is 15.9 Å². The van der Waals surface area contributed by atoms with Crippen molar-refractivity contribution in [1.29, 1.82) is 0 Å². The summed E-state index contributed by atoms with van der Waals surface area (Å²) in [6.07, 6.45) is 2.08. The van der Waals surface area contributed by atoms with Gasteiger partial charge < -0.3 is 11.1 Å². The number of nitrogens with two attached hydrogens (primary N) is 1. The van der Waals surface area contributed by atoms with Crippen LogP contribution in [0.3, 0.4) is 0 Å². The summed E-state index contributed by atoms with van der Waals surface area (Å²) in [6.45, 7) is 0.839. The van der Waals surface area contributed by atoms with Crippen LogP contribution in [0.25, 0.3) is 33.3 Å². The van der Waals surface area contributed by atoms with Gasteiger partial charge in [0.2, 0.25) is 5.91 Å². The van der Waals surface area contributed by atoms with E-state index in [-0.39, 0.29) is 5.91 Å². The summed E-state index contributed by atoms with van der Waals surface area (Å²) in [5.41, 5.74) is 13.5. The molecule has 172 valence electrons. The fourth-order valence-electron chi connectivity index (χ4n) is 4.18. The number of pyridine rings is 2. The molecule has 0 aliphatic carbocycles. The molecule has 5 heteroatoms. The van der Waals surface area contributed by atoms with E-state index in [4.69, 9.17) is 10.7 Å². The van der Waals surface area contributed by atoms with E-state index in [1.807, 2.05) is 66.7 Å². The Hall–Kier alpha value is -4.35. The molecule has 0 saturated carbocycles. The molecule has 0 aliphatic heterocycles. The Morgan fingerprint density at radius 2 is 1.51 bits per heavy atom. The smallest absolute Gasteiger partial charge is 0.224 e. The number of aromatic nitrogens is 2. The maximum absolute atomic E-state index is 12.5. The van der Waals surface area contributed by atoms with Crippen molar-refractivity contribution in [3.8, 4) is 22.4 Å². The summed E-state index contributed by atoms with van der Waals surface area (Å²) >= 11 is 0. The third-order valence-electron chi connectivity index (χ3n) is 6.03. The van der Waals surface area contributed by atoms with Crippen molar-refractivity contribution in [2.45, 2.75) is 19.5 Å². The fraction of sp³-hybridized carbons (Fsp3) is 0.100. The van der Waals surface area contributed by atoms with E-state index in [2.05, 4.69) is 40.6 Å². The monoisotopic (exact) mass is 458 g/mol. The lowest BCUT2D eigenvalue weighted by Gasteiger charge is -2.14. The molecule has 5 aromatic rings. The van der Waals surface area contributed by atoms with Crippen LogP contribution in [0.5, 0.6) is 0 Å². The summed E-state index contributed by atoms with van der Waals surface area (Å²) < 4.78 is 0. The summed E-state index contributed by atoms with van der Waals surface area (Å²) in [4.78, 5) is 22.2. The number of hydrogen-bond acceptors (Lipinski definition) is 4. The molecule has 5 rings (SSSR count). The van der Waals surface area contributed by atoms with Gasteiger partial charge in [-0.3, -0.25) is 9.78 Å². The van der Waals surface area contributed by atoms with E-state index in [0.29, 0.717) is 19.5 Å². The molecule has 0 spiro atoms. The van der Waals surface area contributed by atoms with Gasteiger partial charge in [-0.05, 0) is 28.8 Å². The van der Waals surface area contributed by atoms with Gasteiger partial charge in [0.05, 0.1) is 29.9 Å². The number of carbonyl (C=O) groups excluding carboxylic acids is 1. The molecule has 35 heavy (non-hydrogen) atoms. The summed E-state index contributed by atoms with van der Waals surface area (Å²) in [5, 5.41) is 3.94. The molecule has 0 radical (unpaired) electrons. The molecule has 3 N–H and O–H groups in total. The van der Waals surface area contributed by atoms with Crippen molar-refractivity contribution in [3.05, 3.63) is 120 Å². The second-order valence-electron chi connectivity index (χ2n) is 8.42. The molecule has 5 nitrogen and oxygen atoms in total. The first-order valence-corrected chi connectivity index (χ1v) is 11.7. The number of nitrogens with one attached hydrogen (secondary N) is 1. The maximum atomic E-state index is 12.5. The van der Waals surface area contributed by atoms with Crippen molar-refractivity contribution in [1.82, 2.24) is 15.3 Å². The number of nitrogens with zero attached hydrogens (tertiary/aromatic N) is 2. The molecule has 2 aromatic heterocycles. The zero-order valence-corrected chi connectivity index (χ0v) is 19.3. The van der Waals surface area contributed by atoms with Gasteiger partial charge in [0.25, 0.3) is 0 Å². The molecule has 0 aliphatic rings. The van der Waals surface area contributed by atoms with Crippen molar-refractivity contribution in [3.63, 3.8) is 0 Å². The predicted molar refractivity (Wildman–Crippen MR) is 140 cm³/mol. The van der Waals surface area contributed by atoms with E-state index in [0.717, 1.165) is 50.1 Å². The average molecular weight is 459 g/mol. The first kappa shape index (κ1) is 22.4. The first-order chi connectivity index (χ1) is 17.2. The van der Waals surface area contributed by atoms with E-state index in [1.165, 1.54) is 0 Å². The molecular weight excluding hydrogens is 432 g/mol. The van der Waals surface area contributed by atoms with Crippen molar-refractivity contribution in [2.75, 3.05) is 0 Å². The lowest BCUT2D eigenvalue weighted by Crippen LogP contribution is -2.25. The summed E-state index contributed by atoms with van der Waals surface area (Å²) in [7, 11) is 0. The van der Waals surface area contributed by atoms with Gasteiger partial charge in [0, 0.05) is 29.3 Å². The molecular formula is C30H26N4O. The van der Waals surface area contributed by atoms with E-state index in [1.54, 1.807) is 6.20 Å². The van der Waals surface area contributed by atoms with Crippen LogP contribution in [0.1, 0.15) is 16.8 Å². The minimum atomic E-state index is -0.0390. The molecule has 2 heterocycles. The topological polar surface area (TPSA) is 80.9 Å². The number of hydrogen-bond donors (Lipinski definition) is 2. The first-order valence-electron chi connectivity index (χ1n) is 11.7. The molecule has 0 saturated heterocycles. The lowest BCUT2D eigenvalue weighted by atomic mass is 9.96. The minimum Gasteiger partial charge on any atom is -0.350 e. The summed E-state index contributed by atoms with van der Waals surface area (Å²) in [6, 6.07) is 32.2. The van der Waals surface area contributed by atoms with Crippen LogP contribution in [0, 0.1) is 0 Å².